The summed E-state index contributed by atoms with van der Waals surface area (Å²) in [4.78, 5) is 1.78. The van der Waals surface area contributed by atoms with Crippen molar-refractivity contribution in [3.63, 3.8) is 0 Å². The SMILES string of the molecule is CC1CN(C)CCCN1S(=O)(=O)c1ccc(N)cc1F. The van der Waals surface area contributed by atoms with E-state index in [4.69, 9.17) is 5.73 Å². The molecule has 0 amide bonds. The van der Waals surface area contributed by atoms with Gasteiger partial charge in [0, 0.05) is 24.8 Å². The second-order valence-corrected chi connectivity index (χ2v) is 7.13. The maximum Gasteiger partial charge on any atom is 0.246 e. The molecule has 112 valence electrons. The van der Waals surface area contributed by atoms with E-state index >= 15 is 0 Å². The summed E-state index contributed by atoms with van der Waals surface area (Å²) in [6, 6.07) is 3.50. The molecule has 2 N–H and O–H groups in total. The quantitative estimate of drug-likeness (QED) is 0.831. The van der Waals surface area contributed by atoms with Crippen molar-refractivity contribution in [2.24, 2.45) is 0 Å². The van der Waals surface area contributed by atoms with Gasteiger partial charge >= 0.3 is 0 Å². The third-order valence-corrected chi connectivity index (χ3v) is 5.58. The Morgan fingerprint density at radius 3 is 2.70 bits per heavy atom. The van der Waals surface area contributed by atoms with Crippen LogP contribution in [-0.2, 0) is 10.0 Å². The van der Waals surface area contributed by atoms with E-state index in [1.165, 1.54) is 16.4 Å². The zero-order valence-electron chi connectivity index (χ0n) is 11.7. The Bertz CT molecular complexity index is 591. The molecule has 1 atom stereocenters. The fourth-order valence-corrected chi connectivity index (χ4v) is 4.27. The van der Waals surface area contributed by atoms with Crippen LogP contribution in [0.1, 0.15) is 13.3 Å². The molecule has 1 aromatic carbocycles. The van der Waals surface area contributed by atoms with Gasteiger partial charge in [0.2, 0.25) is 10.0 Å². The topological polar surface area (TPSA) is 66.6 Å². The van der Waals surface area contributed by atoms with Crippen LogP contribution in [0.4, 0.5) is 10.1 Å². The lowest BCUT2D eigenvalue weighted by Gasteiger charge is -2.27. The molecule has 20 heavy (non-hydrogen) atoms. The number of nitrogen functional groups attached to an aromatic ring is 1. The van der Waals surface area contributed by atoms with Crippen LogP contribution in [-0.4, -0.2) is 50.3 Å². The van der Waals surface area contributed by atoms with Crippen molar-refractivity contribution in [2.75, 3.05) is 32.4 Å². The van der Waals surface area contributed by atoms with Gasteiger partial charge in [-0.05, 0) is 45.1 Å². The summed E-state index contributed by atoms with van der Waals surface area (Å²) in [5.41, 5.74) is 5.68. The van der Waals surface area contributed by atoms with Crippen molar-refractivity contribution in [2.45, 2.75) is 24.3 Å². The van der Waals surface area contributed by atoms with E-state index in [2.05, 4.69) is 4.90 Å². The monoisotopic (exact) mass is 301 g/mol. The van der Waals surface area contributed by atoms with Gasteiger partial charge in [0.15, 0.2) is 0 Å². The average molecular weight is 301 g/mol. The van der Waals surface area contributed by atoms with Gasteiger partial charge in [0.05, 0.1) is 0 Å². The number of sulfonamides is 1. The molecular formula is C13H20FN3O2S. The standard InChI is InChI=1S/C13H20FN3O2S/c1-10-9-16(2)6-3-7-17(10)20(18,19)13-5-4-11(15)8-12(13)14/h4-5,8,10H,3,6-7,9,15H2,1-2H3. The molecule has 0 bridgehead atoms. The zero-order valence-corrected chi connectivity index (χ0v) is 12.5. The minimum absolute atomic E-state index is 0.190. The Balaban J connectivity index is 2.38. The van der Waals surface area contributed by atoms with Crippen molar-refractivity contribution in [1.82, 2.24) is 9.21 Å². The summed E-state index contributed by atoms with van der Waals surface area (Å²) in [7, 11) is -1.87. The third kappa shape index (κ3) is 2.94. The van der Waals surface area contributed by atoms with Crippen LogP contribution >= 0.6 is 0 Å². The Morgan fingerprint density at radius 1 is 1.35 bits per heavy atom. The Hall–Kier alpha value is -1.18. The number of halogens is 1. The molecule has 0 spiro atoms. The van der Waals surface area contributed by atoms with E-state index in [9.17, 15) is 12.8 Å². The number of likely N-dealkylation sites (N-methyl/N-ethyl adjacent to an activating group) is 1. The number of rotatable bonds is 2. The van der Waals surface area contributed by atoms with Crippen LogP contribution < -0.4 is 5.73 Å². The van der Waals surface area contributed by atoms with Crippen molar-refractivity contribution >= 4 is 15.7 Å². The van der Waals surface area contributed by atoms with Gasteiger partial charge < -0.3 is 10.6 Å². The molecular weight excluding hydrogens is 281 g/mol. The molecule has 0 aliphatic carbocycles. The Labute approximate surface area is 119 Å². The first-order chi connectivity index (χ1) is 9.32. The second kappa shape index (κ2) is 5.67. The van der Waals surface area contributed by atoms with Gasteiger partial charge in [0.1, 0.15) is 10.7 Å². The first-order valence-corrected chi connectivity index (χ1v) is 8.02. The van der Waals surface area contributed by atoms with Gasteiger partial charge in [-0.3, -0.25) is 0 Å². The van der Waals surface area contributed by atoms with E-state index in [0.29, 0.717) is 13.1 Å². The number of benzene rings is 1. The lowest BCUT2D eigenvalue weighted by Crippen LogP contribution is -2.42. The lowest BCUT2D eigenvalue weighted by molar-refractivity contribution is 0.290. The summed E-state index contributed by atoms with van der Waals surface area (Å²) in [6.07, 6.45) is 0.733. The highest BCUT2D eigenvalue weighted by molar-refractivity contribution is 7.89. The maximum atomic E-state index is 13.9. The fourth-order valence-electron chi connectivity index (χ4n) is 2.56. The van der Waals surface area contributed by atoms with Crippen LogP contribution in [0.3, 0.4) is 0 Å². The molecule has 2 rings (SSSR count). The predicted octanol–water partition coefficient (Wildman–Crippen LogP) is 1.12. The summed E-state index contributed by atoms with van der Waals surface area (Å²) in [6.45, 7) is 3.71. The highest BCUT2D eigenvalue weighted by Gasteiger charge is 2.33. The van der Waals surface area contributed by atoms with Crippen LogP contribution in [0.15, 0.2) is 23.1 Å². The van der Waals surface area contributed by atoms with Crippen molar-refractivity contribution in [1.29, 1.82) is 0 Å². The van der Waals surface area contributed by atoms with Crippen LogP contribution in [0.5, 0.6) is 0 Å². The summed E-state index contributed by atoms with van der Waals surface area (Å²) in [5, 5.41) is 0. The van der Waals surface area contributed by atoms with Gasteiger partial charge in [0.25, 0.3) is 0 Å². The molecule has 1 aliphatic heterocycles. The van der Waals surface area contributed by atoms with Crippen LogP contribution in [0, 0.1) is 5.82 Å². The molecule has 1 heterocycles. The molecule has 5 nitrogen and oxygen atoms in total. The summed E-state index contributed by atoms with van der Waals surface area (Å²) >= 11 is 0. The molecule has 1 aliphatic rings. The van der Waals surface area contributed by atoms with E-state index in [-0.39, 0.29) is 16.6 Å². The van der Waals surface area contributed by atoms with E-state index in [1.807, 2.05) is 14.0 Å². The normalized spacial score (nSPS) is 22.6. The minimum Gasteiger partial charge on any atom is -0.399 e. The lowest BCUT2D eigenvalue weighted by atomic mass is 10.3. The van der Waals surface area contributed by atoms with E-state index in [0.717, 1.165) is 19.0 Å². The average Bonchev–Trinajstić information content (AvgIpc) is 2.49. The van der Waals surface area contributed by atoms with Gasteiger partial charge in [-0.15, -0.1) is 0 Å². The van der Waals surface area contributed by atoms with Gasteiger partial charge in [-0.2, -0.15) is 4.31 Å². The molecule has 7 heteroatoms. The number of anilines is 1. The largest absolute Gasteiger partial charge is 0.399 e. The highest BCUT2D eigenvalue weighted by Crippen LogP contribution is 2.24. The number of hydrogen-bond donors (Lipinski definition) is 1. The van der Waals surface area contributed by atoms with Crippen LogP contribution in [0.25, 0.3) is 0 Å². The summed E-state index contributed by atoms with van der Waals surface area (Å²) in [5.74, 6) is -0.796. The number of nitrogens with zero attached hydrogens (tertiary/aromatic N) is 2. The molecule has 1 unspecified atom stereocenters. The number of hydrogen-bond acceptors (Lipinski definition) is 4. The molecule has 0 aromatic heterocycles. The van der Waals surface area contributed by atoms with Gasteiger partial charge in [-0.25, -0.2) is 12.8 Å². The minimum atomic E-state index is -3.83. The summed E-state index contributed by atoms with van der Waals surface area (Å²) < 4.78 is 40.5. The smallest absolute Gasteiger partial charge is 0.246 e. The Kier molecular flexibility index (Phi) is 4.31. The van der Waals surface area contributed by atoms with Crippen LogP contribution in [0.2, 0.25) is 0 Å². The number of nitrogens with two attached hydrogens (primary N) is 1. The first-order valence-electron chi connectivity index (χ1n) is 6.58. The van der Waals surface area contributed by atoms with Crippen molar-refractivity contribution in [3.05, 3.63) is 24.0 Å². The Morgan fingerprint density at radius 2 is 2.05 bits per heavy atom. The van der Waals surface area contributed by atoms with E-state index < -0.39 is 15.8 Å². The van der Waals surface area contributed by atoms with Crippen molar-refractivity contribution < 1.29 is 12.8 Å². The molecule has 1 saturated heterocycles. The second-order valence-electron chi connectivity index (χ2n) is 5.27. The molecule has 1 fully saturated rings. The van der Waals surface area contributed by atoms with E-state index in [1.54, 1.807) is 0 Å². The molecule has 0 saturated carbocycles. The predicted molar refractivity (Wildman–Crippen MR) is 76.3 cm³/mol. The first kappa shape index (κ1) is 15.2. The zero-order chi connectivity index (χ0) is 14.9. The maximum absolute atomic E-state index is 13.9. The molecule has 1 aromatic rings. The molecule has 0 radical (unpaired) electrons. The highest BCUT2D eigenvalue weighted by atomic mass is 32.2. The fraction of sp³-hybridized carbons (Fsp3) is 0.538. The third-order valence-electron chi connectivity index (χ3n) is 3.53. The van der Waals surface area contributed by atoms with Crippen molar-refractivity contribution in [3.8, 4) is 0 Å². The van der Waals surface area contributed by atoms with Gasteiger partial charge in [-0.1, -0.05) is 0 Å².